The molecule has 0 aliphatic carbocycles. The molecule has 0 amide bonds. The van der Waals surface area contributed by atoms with Crippen molar-refractivity contribution in [2.24, 2.45) is 0 Å². The molecule has 1 N–H and O–H groups in total. The Kier molecular flexibility index (Phi) is 6.18. The first kappa shape index (κ1) is 21.2. The molecule has 2 aromatic heterocycles. The van der Waals surface area contributed by atoms with Gasteiger partial charge in [-0.1, -0.05) is 11.6 Å². The number of fused-ring (bicyclic) bond motifs is 1. The van der Waals surface area contributed by atoms with E-state index < -0.39 is 0 Å². The van der Waals surface area contributed by atoms with Crippen LogP contribution in [-0.2, 0) is 11.3 Å². The quantitative estimate of drug-likeness (QED) is 0.366. The maximum atomic E-state index is 14.9. The molecule has 4 heterocycles. The van der Waals surface area contributed by atoms with E-state index in [2.05, 4.69) is 45.8 Å². The maximum Gasteiger partial charge on any atom is 0.229 e. The average Bonchev–Trinajstić information content (AvgIpc) is 3.42. The van der Waals surface area contributed by atoms with Crippen LogP contribution < -0.4 is 10.2 Å². The van der Waals surface area contributed by atoms with E-state index in [0.717, 1.165) is 63.2 Å². The molecule has 164 valence electrons. The fourth-order valence-electron chi connectivity index (χ4n) is 4.10. The standard InChI is InChI=1S/C21H23ClFIN6O/c22-16-10-19(28-5-7-30(24)8-6-28)17(23)11-18(16)26-21-25-12-14-3-4-29(20(14)27-21)13-15-2-1-9-31-15/h3-4,10-12,15H,1-2,5-9,13H2,(H,25,26,27). The van der Waals surface area contributed by atoms with Crippen molar-refractivity contribution < 1.29 is 9.13 Å². The summed E-state index contributed by atoms with van der Waals surface area (Å²) in [5.74, 6) is 0.0732. The molecule has 1 aromatic carbocycles. The van der Waals surface area contributed by atoms with Gasteiger partial charge in [-0.25, -0.2) is 12.5 Å². The topological polar surface area (TPSA) is 58.5 Å². The molecule has 1 atom stereocenters. The number of aromatic nitrogens is 3. The van der Waals surface area contributed by atoms with Crippen LogP contribution in [-0.4, -0.2) is 56.5 Å². The minimum Gasteiger partial charge on any atom is -0.376 e. The monoisotopic (exact) mass is 556 g/mol. The van der Waals surface area contributed by atoms with Gasteiger partial charge in [-0.3, -0.25) is 0 Å². The van der Waals surface area contributed by atoms with E-state index in [0.29, 0.717) is 22.3 Å². The van der Waals surface area contributed by atoms with Crippen molar-refractivity contribution in [3.63, 3.8) is 0 Å². The van der Waals surface area contributed by atoms with E-state index in [1.54, 1.807) is 12.3 Å². The van der Waals surface area contributed by atoms with Gasteiger partial charge in [0.05, 0.1) is 29.0 Å². The van der Waals surface area contributed by atoms with Crippen molar-refractivity contribution in [3.8, 4) is 0 Å². The highest BCUT2D eigenvalue weighted by Gasteiger charge is 2.21. The fraction of sp³-hybridized carbons (Fsp3) is 0.429. The van der Waals surface area contributed by atoms with E-state index in [9.17, 15) is 4.39 Å². The predicted octanol–water partition coefficient (Wildman–Crippen LogP) is 4.62. The van der Waals surface area contributed by atoms with E-state index in [-0.39, 0.29) is 11.9 Å². The van der Waals surface area contributed by atoms with Gasteiger partial charge in [-0.15, -0.1) is 0 Å². The third-order valence-corrected chi connectivity index (χ3v) is 7.05. The van der Waals surface area contributed by atoms with Crippen molar-refractivity contribution in [1.82, 2.24) is 17.6 Å². The first-order valence-electron chi connectivity index (χ1n) is 10.4. The van der Waals surface area contributed by atoms with E-state index >= 15 is 0 Å². The third kappa shape index (κ3) is 4.59. The molecule has 0 radical (unpaired) electrons. The zero-order valence-electron chi connectivity index (χ0n) is 16.9. The van der Waals surface area contributed by atoms with E-state index in [1.165, 1.54) is 6.07 Å². The second-order valence-electron chi connectivity index (χ2n) is 7.88. The van der Waals surface area contributed by atoms with Crippen LogP contribution in [0.2, 0.25) is 5.02 Å². The first-order chi connectivity index (χ1) is 15.1. The van der Waals surface area contributed by atoms with Crippen molar-refractivity contribution >= 4 is 62.8 Å². The largest absolute Gasteiger partial charge is 0.376 e. The minimum absolute atomic E-state index is 0.215. The fourth-order valence-corrected chi connectivity index (χ4v) is 4.74. The molecule has 0 saturated carbocycles. The number of nitrogens with zero attached hydrogens (tertiary/aromatic N) is 5. The summed E-state index contributed by atoms with van der Waals surface area (Å²) in [5, 5.41) is 4.47. The van der Waals surface area contributed by atoms with Gasteiger partial charge in [0.1, 0.15) is 11.5 Å². The highest BCUT2D eigenvalue weighted by atomic mass is 127. The Balaban J connectivity index is 1.37. The molecule has 0 bridgehead atoms. The molecule has 10 heteroatoms. The van der Waals surface area contributed by atoms with Gasteiger partial charge >= 0.3 is 0 Å². The lowest BCUT2D eigenvalue weighted by Crippen LogP contribution is -2.42. The summed E-state index contributed by atoms with van der Waals surface area (Å²) in [6.07, 6.45) is 6.14. The normalized spacial score (nSPS) is 20.0. The summed E-state index contributed by atoms with van der Waals surface area (Å²) < 4.78 is 24.9. The van der Waals surface area contributed by atoms with E-state index in [1.807, 2.05) is 17.2 Å². The predicted molar refractivity (Wildman–Crippen MR) is 129 cm³/mol. The summed E-state index contributed by atoms with van der Waals surface area (Å²) in [6, 6.07) is 5.10. The maximum absolute atomic E-state index is 14.9. The minimum atomic E-state index is -0.309. The molecule has 2 saturated heterocycles. The van der Waals surface area contributed by atoms with Crippen LogP contribution in [0.15, 0.2) is 30.6 Å². The van der Waals surface area contributed by atoms with Gasteiger partial charge in [0.2, 0.25) is 5.95 Å². The lowest BCUT2D eigenvalue weighted by molar-refractivity contribution is 0.0979. The van der Waals surface area contributed by atoms with Gasteiger partial charge in [0.15, 0.2) is 0 Å². The first-order valence-corrected chi connectivity index (χ1v) is 11.8. The molecule has 5 rings (SSSR count). The molecule has 2 aliphatic heterocycles. The van der Waals surface area contributed by atoms with E-state index in [4.69, 9.17) is 16.3 Å². The van der Waals surface area contributed by atoms with Crippen LogP contribution in [0.4, 0.5) is 21.7 Å². The third-order valence-electron chi connectivity index (χ3n) is 5.78. The van der Waals surface area contributed by atoms with Crippen LogP contribution in [0.25, 0.3) is 11.0 Å². The summed E-state index contributed by atoms with van der Waals surface area (Å²) in [7, 11) is 0. The van der Waals surface area contributed by atoms with Crippen LogP contribution in [0, 0.1) is 5.82 Å². The number of anilines is 3. The van der Waals surface area contributed by atoms with Gasteiger partial charge in [0.25, 0.3) is 0 Å². The SMILES string of the molecule is Fc1cc(Nc2ncc3ccn(CC4CCCO4)c3n2)c(Cl)cc1N1CCN(I)CC1. The van der Waals surface area contributed by atoms with Gasteiger partial charge in [0, 0.05) is 79.5 Å². The lowest BCUT2D eigenvalue weighted by atomic mass is 10.2. The highest BCUT2D eigenvalue weighted by Crippen LogP contribution is 2.33. The second-order valence-corrected chi connectivity index (χ2v) is 9.65. The van der Waals surface area contributed by atoms with Gasteiger partial charge in [-0.2, -0.15) is 4.98 Å². The van der Waals surface area contributed by atoms with Crippen LogP contribution in [0.3, 0.4) is 0 Å². The summed E-state index contributed by atoms with van der Waals surface area (Å²) >= 11 is 8.79. The number of hydrogen-bond acceptors (Lipinski definition) is 6. The molecule has 7 nitrogen and oxygen atoms in total. The Morgan fingerprint density at radius 1 is 1.26 bits per heavy atom. The number of rotatable bonds is 5. The summed E-state index contributed by atoms with van der Waals surface area (Å²) in [4.78, 5) is 11.1. The Morgan fingerprint density at radius 3 is 2.87 bits per heavy atom. The van der Waals surface area contributed by atoms with Crippen molar-refractivity contribution in [3.05, 3.63) is 41.4 Å². The smallest absolute Gasteiger partial charge is 0.229 e. The molecule has 2 aliphatic rings. The Labute approximate surface area is 199 Å². The molecule has 31 heavy (non-hydrogen) atoms. The molecule has 1 unspecified atom stereocenters. The highest BCUT2D eigenvalue weighted by molar-refractivity contribution is 14.1. The summed E-state index contributed by atoms with van der Waals surface area (Å²) in [6.45, 7) is 4.89. The Morgan fingerprint density at radius 2 is 2.10 bits per heavy atom. The number of ether oxygens (including phenoxy) is 1. The van der Waals surface area contributed by atoms with Crippen LogP contribution >= 0.6 is 34.5 Å². The molecular weight excluding hydrogens is 534 g/mol. The van der Waals surface area contributed by atoms with Gasteiger partial charge in [-0.05, 0) is 25.0 Å². The second kappa shape index (κ2) is 9.05. The zero-order chi connectivity index (χ0) is 21.4. The lowest BCUT2D eigenvalue weighted by Gasteiger charge is -2.33. The van der Waals surface area contributed by atoms with Crippen LogP contribution in [0.5, 0.6) is 0 Å². The Bertz CT molecular complexity index is 1080. The summed E-state index contributed by atoms with van der Waals surface area (Å²) in [5.41, 5.74) is 1.80. The molecule has 2 fully saturated rings. The number of piperazine rings is 1. The molecule has 3 aromatic rings. The van der Waals surface area contributed by atoms with Crippen LogP contribution in [0.1, 0.15) is 12.8 Å². The molecule has 0 spiro atoms. The number of nitrogens with one attached hydrogen (secondary N) is 1. The zero-order valence-corrected chi connectivity index (χ0v) is 19.8. The average molecular weight is 557 g/mol. The Hall–Kier alpha value is -1.69. The van der Waals surface area contributed by atoms with Gasteiger partial charge < -0.3 is 19.5 Å². The number of halogens is 3. The van der Waals surface area contributed by atoms with Crippen molar-refractivity contribution in [1.29, 1.82) is 0 Å². The molecular formula is C21H23ClFIN6O. The van der Waals surface area contributed by atoms with Crippen molar-refractivity contribution in [2.45, 2.75) is 25.5 Å². The number of hydrogen-bond donors (Lipinski definition) is 1. The van der Waals surface area contributed by atoms with Crippen molar-refractivity contribution in [2.75, 3.05) is 43.0 Å². The number of benzene rings is 1.